The van der Waals surface area contributed by atoms with Crippen LogP contribution in [0, 0.1) is 0 Å². The Kier molecular flexibility index (Phi) is 8.49. The number of aryl methyl sites for hydroxylation is 1. The van der Waals surface area contributed by atoms with Crippen LogP contribution in [0.3, 0.4) is 0 Å². The molecule has 0 bridgehead atoms. The van der Waals surface area contributed by atoms with Gasteiger partial charge in [0.2, 0.25) is 0 Å². The Bertz CT molecular complexity index is 1010. The van der Waals surface area contributed by atoms with Gasteiger partial charge in [0.05, 0.1) is 19.4 Å². The Balaban J connectivity index is 1.49. The first-order valence-electron chi connectivity index (χ1n) is 10.2. The minimum absolute atomic E-state index is 0.287. The summed E-state index contributed by atoms with van der Waals surface area (Å²) in [4.78, 5) is 12.1. The molecule has 0 saturated heterocycles. The maximum atomic E-state index is 12.1. The fourth-order valence-electron chi connectivity index (χ4n) is 2.82. The molecule has 3 aromatic rings. The maximum absolute atomic E-state index is 12.1. The van der Waals surface area contributed by atoms with Gasteiger partial charge < -0.3 is 9.47 Å². The number of carbonyl (C=O) groups is 1. The zero-order chi connectivity index (χ0) is 21.9. The molecule has 0 saturated carbocycles. The number of nitrogens with one attached hydrogen (secondary N) is 1. The van der Waals surface area contributed by atoms with Crippen LogP contribution in [0.1, 0.15) is 34.8 Å². The molecule has 0 aromatic heterocycles. The first-order valence-corrected chi connectivity index (χ1v) is 10.6. The van der Waals surface area contributed by atoms with Crippen LogP contribution in [-0.2, 0) is 6.42 Å². The maximum Gasteiger partial charge on any atom is 0.271 e. The van der Waals surface area contributed by atoms with Gasteiger partial charge in [0.1, 0.15) is 11.5 Å². The van der Waals surface area contributed by atoms with E-state index < -0.39 is 0 Å². The molecule has 0 heterocycles. The summed E-state index contributed by atoms with van der Waals surface area (Å²) in [6.07, 6.45) is 3.25. The third-order valence-corrected chi connectivity index (χ3v) is 4.76. The van der Waals surface area contributed by atoms with E-state index in [9.17, 15) is 4.79 Å². The van der Waals surface area contributed by atoms with E-state index in [0.717, 1.165) is 18.6 Å². The van der Waals surface area contributed by atoms with E-state index in [4.69, 9.17) is 21.1 Å². The third-order valence-electron chi connectivity index (χ3n) is 4.52. The minimum Gasteiger partial charge on any atom is -0.493 e. The Morgan fingerprint density at radius 3 is 2.48 bits per heavy atom. The van der Waals surface area contributed by atoms with Gasteiger partial charge >= 0.3 is 0 Å². The normalized spacial score (nSPS) is 10.8. The van der Waals surface area contributed by atoms with Gasteiger partial charge in [-0.15, -0.1) is 0 Å². The van der Waals surface area contributed by atoms with E-state index in [1.54, 1.807) is 42.5 Å². The minimum atomic E-state index is -0.287. The number of benzene rings is 3. The molecule has 0 atom stereocenters. The van der Waals surface area contributed by atoms with E-state index in [1.807, 2.05) is 18.2 Å². The molecule has 31 heavy (non-hydrogen) atoms. The summed E-state index contributed by atoms with van der Waals surface area (Å²) in [5, 5.41) is 4.59. The summed E-state index contributed by atoms with van der Waals surface area (Å²) in [5.41, 5.74) is 5.00. The summed E-state index contributed by atoms with van der Waals surface area (Å²) in [6.45, 7) is 3.15. The molecule has 3 rings (SSSR count). The van der Waals surface area contributed by atoms with Crippen LogP contribution in [-0.4, -0.2) is 25.3 Å². The van der Waals surface area contributed by atoms with Gasteiger partial charge in [-0.05, 0) is 54.4 Å². The lowest BCUT2D eigenvalue weighted by Crippen LogP contribution is -2.17. The molecule has 0 fully saturated rings. The summed E-state index contributed by atoms with van der Waals surface area (Å²) in [6, 6.07) is 22.3. The monoisotopic (exact) mass is 436 g/mol. The van der Waals surface area contributed by atoms with Gasteiger partial charge in [-0.25, -0.2) is 5.43 Å². The smallest absolute Gasteiger partial charge is 0.271 e. The van der Waals surface area contributed by atoms with E-state index >= 15 is 0 Å². The average molecular weight is 437 g/mol. The number of amides is 1. The predicted octanol–water partition coefficient (Wildman–Crippen LogP) is 5.51. The molecular formula is C25H25ClN2O3. The first kappa shape index (κ1) is 22.4. The fourth-order valence-corrected chi connectivity index (χ4v) is 3.00. The van der Waals surface area contributed by atoms with Crippen molar-refractivity contribution in [3.05, 3.63) is 94.5 Å². The quantitative estimate of drug-likeness (QED) is 0.259. The van der Waals surface area contributed by atoms with Crippen molar-refractivity contribution in [3.63, 3.8) is 0 Å². The number of rotatable bonds is 10. The van der Waals surface area contributed by atoms with Gasteiger partial charge in [0, 0.05) is 22.6 Å². The van der Waals surface area contributed by atoms with Crippen molar-refractivity contribution in [2.45, 2.75) is 19.8 Å². The van der Waals surface area contributed by atoms with Gasteiger partial charge in [-0.2, -0.15) is 5.10 Å². The topological polar surface area (TPSA) is 59.9 Å². The van der Waals surface area contributed by atoms with E-state index in [-0.39, 0.29) is 5.91 Å². The molecular weight excluding hydrogens is 412 g/mol. The standard InChI is InChI=1S/C25H25ClN2O3/c1-2-19-9-12-23(13-10-19)30-15-6-16-31-24-14-11-22(26)17-21(24)18-27-28-25(29)20-7-4-3-5-8-20/h3-5,7-14,17-18H,2,6,15-16H2,1H3,(H,28,29). The molecule has 0 aliphatic carbocycles. The van der Waals surface area contributed by atoms with Crippen LogP contribution in [0.2, 0.25) is 5.02 Å². The summed E-state index contributed by atoms with van der Waals surface area (Å²) < 4.78 is 11.6. The van der Waals surface area contributed by atoms with Crippen LogP contribution in [0.5, 0.6) is 11.5 Å². The van der Waals surface area contributed by atoms with Gasteiger partial charge in [0.15, 0.2) is 0 Å². The third kappa shape index (κ3) is 7.15. The average Bonchev–Trinajstić information content (AvgIpc) is 2.81. The number of hydrogen-bond donors (Lipinski definition) is 1. The second kappa shape index (κ2) is 11.8. The molecule has 0 aliphatic rings. The van der Waals surface area contributed by atoms with Crippen molar-refractivity contribution in [1.29, 1.82) is 0 Å². The van der Waals surface area contributed by atoms with Crippen molar-refractivity contribution in [3.8, 4) is 11.5 Å². The molecule has 6 heteroatoms. The highest BCUT2D eigenvalue weighted by Crippen LogP contribution is 2.22. The van der Waals surface area contributed by atoms with Crippen LogP contribution < -0.4 is 14.9 Å². The molecule has 1 N–H and O–H groups in total. The highest BCUT2D eigenvalue weighted by atomic mass is 35.5. The van der Waals surface area contributed by atoms with Crippen molar-refractivity contribution >= 4 is 23.7 Å². The van der Waals surface area contributed by atoms with Gasteiger partial charge in [0.25, 0.3) is 5.91 Å². The van der Waals surface area contributed by atoms with Crippen LogP contribution in [0.15, 0.2) is 77.9 Å². The second-order valence-electron chi connectivity index (χ2n) is 6.80. The molecule has 3 aromatic carbocycles. The fraction of sp³-hybridized carbons (Fsp3) is 0.200. The van der Waals surface area contributed by atoms with Crippen LogP contribution >= 0.6 is 11.6 Å². The van der Waals surface area contributed by atoms with Crippen LogP contribution in [0.25, 0.3) is 0 Å². The number of hydrogen-bond acceptors (Lipinski definition) is 4. The number of nitrogens with zero attached hydrogens (tertiary/aromatic N) is 1. The lowest BCUT2D eigenvalue weighted by molar-refractivity contribution is 0.0955. The molecule has 1 amide bonds. The molecule has 0 radical (unpaired) electrons. The lowest BCUT2D eigenvalue weighted by Gasteiger charge is -2.10. The van der Waals surface area contributed by atoms with Crippen LogP contribution in [0.4, 0.5) is 0 Å². The second-order valence-corrected chi connectivity index (χ2v) is 7.23. The Labute approximate surface area is 187 Å². The van der Waals surface area contributed by atoms with Crippen molar-refractivity contribution < 1.29 is 14.3 Å². The van der Waals surface area contributed by atoms with Crippen molar-refractivity contribution in [1.82, 2.24) is 5.43 Å². The number of halogens is 1. The Hall–Kier alpha value is -3.31. The lowest BCUT2D eigenvalue weighted by atomic mass is 10.2. The van der Waals surface area contributed by atoms with Gasteiger partial charge in [-0.1, -0.05) is 48.9 Å². The van der Waals surface area contributed by atoms with Crippen molar-refractivity contribution in [2.75, 3.05) is 13.2 Å². The largest absolute Gasteiger partial charge is 0.493 e. The summed E-state index contributed by atoms with van der Waals surface area (Å²) in [5.74, 6) is 1.20. The van der Waals surface area contributed by atoms with E-state index in [2.05, 4.69) is 29.6 Å². The molecule has 0 aliphatic heterocycles. The number of carbonyl (C=O) groups excluding carboxylic acids is 1. The number of ether oxygens (including phenoxy) is 2. The summed E-state index contributed by atoms with van der Waals surface area (Å²) in [7, 11) is 0. The highest BCUT2D eigenvalue weighted by molar-refractivity contribution is 6.30. The molecule has 5 nitrogen and oxygen atoms in total. The SMILES string of the molecule is CCc1ccc(OCCCOc2ccc(Cl)cc2C=NNC(=O)c2ccccc2)cc1. The van der Waals surface area contributed by atoms with E-state index in [1.165, 1.54) is 11.8 Å². The Morgan fingerprint density at radius 2 is 1.74 bits per heavy atom. The summed E-state index contributed by atoms with van der Waals surface area (Å²) >= 11 is 6.10. The number of hydrazone groups is 1. The Morgan fingerprint density at radius 1 is 1.00 bits per heavy atom. The zero-order valence-corrected chi connectivity index (χ0v) is 18.1. The van der Waals surface area contributed by atoms with E-state index in [0.29, 0.717) is 35.1 Å². The molecule has 0 spiro atoms. The predicted molar refractivity (Wildman–Crippen MR) is 124 cm³/mol. The zero-order valence-electron chi connectivity index (χ0n) is 17.4. The first-order chi connectivity index (χ1) is 15.2. The molecule has 160 valence electrons. The van der Waals surface area contributed by atoms with Gasteiger partial charge in [-0.3, -0.25) is 4.79 Å². The molecule has 0 unspecified atom stereocenters. The highest BCUT2D eigenvalue weighted by Gasteiger charge is 2.05. The van der Waals surface area contributed by atoms with Crippen molar-refractivity contribution in [2.24, 2.45) is 5.10 Å².